The van der Waals surface area contributed by atoms with Gasteiger partial charge in [0.05, 0.1) is 9.95 Å². The van der Waals surface area contributed by atoms with E-state index in [2.05, 4.69) is 15.3 Å². The highest BCUT2D eigenvalue weighted by molar-refractivity contribution is 6.36. The fourth-order valence-corrected chi connectivity index (χ4v) is 2.11. The van der Waals surface area contributed by atoms with Crippen LogP contribution in [0.2, 0.25) is 10.0 Å². The summed E-state index contributed by atoms with van der Waals surface area (Å²) < 4.78 is 0. The average molecular weight is 299 g/mol. The highest BCUT2D eigenvalue weighted by Crippen LogP contribution is 2.37. The van der Waals surface area contributed by atoms with Gasteiger partial charge in [0.25, 0.3) is 0 Å². The molecule has 0 bridgehead atoms. The number of nitro groups is 1. The second-order valence-corrected chi connectivity index (χ2v) is 4.39. The number of nitrogens with zero attached hydrogens (tertiary/aromatic N) is 3. The van der Waals surface area contributed by atoms with Crippen molar-refractivity contribution in [1.82, 2.24) is 9.97 Å². The predicted octanol–water partition coefficient (Wildman–Crippen LogP) is 3.40. The highest BCUT2D eigenvalue weighted by atomic mass is 35.5. The third kappa shape index (κ3) is 2.59. The third-order valence-electron chi connectivity index (χ3n) is 2.43. The van der Waals surface area contributed by atoms with Gasteiger partial charge in [-0.15, -0.1) is 0 Å². The van der Waals surface area contributed by atoms with Crippen molar-refractivity contribution in [1.29, 1.82) is 0 Å². The Kier molecular flexibility index (Phi) is 3.82. The lowest BCUT2D eigenvalue weighted by atomic mass is 10.1. The summed E-state index contributed by atoms with van der Waals surface area (Å²) in [6, 6.07) is 4.68. The van der Waals surface area contributed by atoms with Crippen LogP contribution in [0.1, 0.15) is 0 Å². The first-order chi connectivity index (χ1) is 9.04. The normalized spacial score (nSPS) is 10.3. The summed E-state index contributed by atoms with van der Waals surface area (Å²) in [6.45, 7) is 0. The van der Waals surface area contributed by atoms with E-state index >= 15 is 0 Å². The summed E-state index contributed by atoms with van der Waals surface area (Å²) in [5, 5.41) is 14.6. The fraction of sp³-hybridized carbons (Fsp3) is 0.0909. The van der Waals surface area contributed by atoms with E-state index in [1.54, 1.807) is 19.2 Å². The minimum atomic E-state index is -0.550. The van der Waals surface area contributed by atoms with Crippen LogP contribution in [-0.4, -0.2) is 21.9 Å². The molecule has 0 aliphatic heterocycles. The van der Waals surface area contributed by atoms with Crippen LogP contribution in [0.5, 0.6) is 0 Å². The van der Waals surface area contributed by atoms with Crippen LogP contribution in [0.25, 0.3) is 11.3 Å². The van der Waals surface area contributed by atoms with Crippen molar-refractivity contribution in [3.63, 3.8) is 0 Å². The first-order valence-electron chi connectivity index (χ1n) is 5.17. The number of halogens is 2. The van der Waals surface area contributed by atoms with E-state index in [-0.39, 0.29) is 22.2 Å². The van der Waals surface area contributed by atoms with Gasteiger partial charge in [0.2, 0.25) is 5.82 Å². The maximum atomic E-state index is 11.2. The van der Waals surface area contributed by atoms with Crippen LogP contribution in [0, 0.1) is 10.1 Å². The molecule has 0 amide bonds. The molecule has 0 unspecified atom stereocenters. The number of nitrogens with one attached hydrogen (secondary N) is 1. The van der Waals surface area contributed by atoms with Crippen LogP contribution in [0.3, 0.4) is 0 Å². The van der Waals surface area contributed by atoms with E-state index < -0.39 is 4.92 Å². The molecule has 2 rings (SSSR count). The number of rotatable bonds is 3. The fourth-order valence-electron chi connectivity index (χ4n) is 1.61. The summed E-state index contributed by atoms with van der Waals surface area (Å²) >= 11 is 11.9. The SMILES string of the molecule is CNc1ncnc(-c2ccc(Cl)cc2Cl)c1[N+](=O)[O-]. The lowest BCUT2D eigenvalue weighted by molar-refractivity contribution is -0.383. The number of benzene rings is 1. The van der Waals surface area contributed by atoms with E-state index in [0.29, 0.717) is 10.6 Å². The highest BCUT2D eigenvalue weighted by Gasteiger charge is 2.24. The van der Waals surface area contributed by atoms with Gasteiger partial charge >= 0.3 is 5.69 Å². The predicted molar refractivity (Wildman–Crippen MR) is 73.7 cm³/mol. The summed E-state index contributed by atoms with van der Waals surface area (Å²) in [6.07, 6.45) is 1.24. The van der Waals surface area contributed by atoms with E-state index in [0.717, 1.165) is 0 Å². The zero-order chi connectivity index (χ0) is 14.0. The first-order valence-corrected chi connectivity index (χ1v) is 5.92. The van der Waals surface area contributed by atoms with Crippen LogP contribution < -0.4 is 5.32 Å². The Morgan fingerprint density at radius 1 is 1.32 bits per heavy atom. The molecule has 1 aromatic carbocycles. The van der Waals surface area contributed by atoms with Crippen LogP contribution in [-0.2, 0) is 0 Å². The van der Waals surface area contributed by atoms with Gasteiger partial charge < -0.3 is 5.32 Å². The van der Waals surface area contributed by atoms with Crippen molar-refractivity contribution in [2.24, 2.45) is 0 Å². The van der Waals surface area contributed by atoms with Crippen molar-refractivity contribution in [2.45, 2.75) is 0 Å². The molecular weight excluding hydrogens is 291 g/mol. The lowest BCUT2D eigenvalue weighted by Crippen LogP contribution is -2.03. The Balaban J connectivity index is 2.71. The summed E-state index contributed by atoms with van der Waals surface area (Å²) in [5.74, 6) is 0.126. The average Bonchev–Trinajstić information content (AvgIpc) is 2.37. The van der Waals surface area contributed by atoms with Gasteiger partial charge in [-0.1, -0.05) is 23.2 Å². The van der Waals surface area contributed by atoms with Gasteiger partial charge in [0.1, 0.15) is 6.33 Å². The van der Waals surface area contributed by atoms with Crippen molar-refractivity contribution in [3.05, 3.63) is 44.7 Å². The van der Waals surface area contributed by atoms with Crippen LogP contribution >= 0.6 is 23.2 Å². The lowest BCUT2D eigenvalue weighted by Gasteiger charge is -2.07. The molecule has 8 heteroatoms. The van der Waals surface area contributed by atoms with Crippen molar-refractivity contribution in [3.8, 4) is 11.3 Å². The monoisotopic (exact) mass is 298 g/mol. The second kappa shape index (κ2) is 5.38. The molecule has 0 saturated heterocycles. The summed E-state index contributed by atoms with van der Waals surface area (Å²) in [4.78, 5) is 18.4. The second-order valence-electron chi connectivity index (χ2n) is 3.55. The smallest absolute Gasteiger partial charge is 0.337 e. The quantitative estimate of drug-likeness (QED) is 0.694. The minimum Gasteiger partial charge on any atom is -0.367 e. The van der Waals surface area contributed by atoms with Crippen LogP contribution in [0.15, 0.2) is 24.5 Å². The van der Waals surface area contributed by atoms with Crippen molar-refractivity contribution in [2.75, 3.05) is 12.4 Å². The Morgan fingerprint density at radius 2 is 2.05 bits per heavy atom. The van der Waals surface area contributed by atoms with E-state index in [1.165, 1.54) is 12.4 Å². The molecule has 0 aliphatic rings. The largest absolute Gasteiger partial charge is 0.367 e. The molecule has 98 valence electrons. The number of anilines is 1. The first kappa shape index (κ1) is 13.5. The topological polar surface area (TPSA) is 81.0 Å². The molecule has 0 aliphatic carbocycles. The summed E-state index contributed by atoms with van der Waals surface area (Å²) in [5.41, 5.74) is 0.344. The van der Waals surface area contributed by atoms with Gasteiger partial charge in [-0.05, 0) is 18.2 Å². The number of hydrogen-bond donors (Lipinski definition) is 1. The molecule has 19 heavy (non-hydrogen) atoms. The number of hydrogen-bond acceptors (Lipinski definition) is 5. The Hall–Kier alpha value is -1.92. The molecule has 1 N–H and O–H groups in total. The molecule has 0 saturated carbocycles. The van der Waals surface area contributed by atoms with Gasteiger partial charge in [0.15, 0.2) is 5.69 Å². The van der Waals surface area contributed by atoms with Gasteiger partial charge in [0, 0.05) is 17.6 Å². The molecule has 0 spiro atoms. The molecule has 0 atom stereocenters. The third-order valence-corrected chi connectivity index (χ3v) is 2.98. The molecule has 0 fully saturated rings. The van der Waals surface area contributed by atoms with Crippen molar-refractivity contribution >= 4 is 34.7 Å². The van der Waals surface area contributed by atoms with Gasteiger partial charge in [-0.2, -0.15) is 0 Å². The summed E-state index contributed by atoms with van der Waals surface area (Å²) in [7, 11) is 1.54. The Labute approximate surface area is 118 Å². The molecule has 1 heterocycles. The van der Waals surface area contributed by atoms with E-state index in [9.17, 15) is 10.1 Å². The maximum Gasteiger partial charge on any atom is 0.337 e. The molecule has 1 aromatic heterocycles. The molecular formula is C11H8Cl2N4O2. The number of aromatic nitrogens is 2. The van der Waals surface area contributed by atoms with Gasteiger partial charge in [-0.25, -0.2) is 9.97 Å². The van der Waals surface area contributed by atoms with Crippen molar-refractivity contribution < 1.29 is 4.92 Å². The maximum absolute atomic E-state index is 11.2. The molecule has 0 radical (unpaired) electrons. The molecule has 2 aromatic rings. The zero-order valence-corrected chi connectivity index (χ0v) is 11.2. The van der Waals surface area contributed by atoms with Crippen LogP contribution in [0.4, 0.5) is 11.5 Å². The molecule has 6 nitrogen and oxygen atoms in total. The van der Waals surface area contributed by atoms with E-state index in [1.807, 2.05) is 0 Å². The minimum absolute atomic E-state index is 0.126. The van der Waals surface area contributed by atoms with E-state index in [4.69, 9.17) is 23.2 Å². The Bertz CT molecular complexity index is 649. The standard InChI is InChI=1S/C11H8Cl2N4O2/c1-14-11-10(17(18)19)9(15-5-16-11)7-3-2-6(12)4-8(7)13/h2-5H,1H3,(H,14,15,16). The Morgan fingerprint density at radius 3 is 2.63 bits per heavy atom. The van der Waals surface area contributed by atoms with Gasteiger partial charge in [-0.3, -0.25) is 10.1 Å². The zero-order valence-electron chi connectivity index (χ0n) is 9.72.